The summed E-state index contributed by atoms with van der Waals surface area (Å²) in [5.74, 6) is 1.97. The fourth-order valence-corrected chi connectivity index (χ4v) is 8.68. The average Bonchev–Trinajstić information content (AvgIpc) is 3.79. The molecule has 4 atom stereocenters. The maximum Gasteiger partial charge on any atom is 0.259 e. The SMILES string of the molecule is COc1ccc(C(OCC2CC(Oc3cnsn3)C[C@@H]2OP(OCCC#N)N(C(C)C)C(C)C)(c2ccccc2)c2ccc(OC)cc2)cc1. The molecule has 0 bridgehead atoms. The predicted molar refractivity (Wildman–Crippen MR) is 195 cm³/mol. The predicted octanol–water partition coefficient (Wildman–Crippen LogP) is 8.38. The van der Waals surface area contributed by atoms with E-state index in [9.17, 15) is 5.26 Å². The second kappa shape index (κ2) is 18.0. The molecule has 0 radical (unpaired) electrons. The smallest absolute Gasteiger partial charge is 0.259 e. The first-order valence-corrected chi connectivity index (χ1v) is 18.8. The van der Waals surface area contributed by atoms with Crippen molar-refractivity contribution in [2.75, 3.05) is 27.4 Å². The van der Waals surface area contributed by atoms with Crippen LogP contribution < -0.4 is 14.2 Å². The van der Waals surface area contributed by atoms with Gasteiger partial charge in [0.2, 0.25) is 5.88 Å². The largest absolute Gasteiger partial charge is 0.497 e. The number of aromatic nitrogens is 2. The number of nitriles is 1. The Labute approximate surface area is 301 Å². The van der Waals surface area contributed by atoms with Crippen molar-refractivity contribution in [3.63, 3.8) is 0 Å². The summed E-state index contributed by atoms with van der Waals surface area (Å²) in [7, 11) is 1.84. The van der Waals surface area contributed by atoms with E-state index in [4.69, 9.17) is 28.0 Å². The first-order valence-electron chi connectivity index (χ1n) is 17.0. The maximum atomic E-state index is 9.27. The minimum Gasteiger partial charge on any atom is -0.497 e. The van der Waals surface area contributed by atoms with Crippen LogP contribution in [0, 0.1) is 17.2 Å². The van der Waals surface area contributed by atoms with E-state index in [0.717, 1.165) is 39.9 Å². The lowest BCUT2D eigenvalue weighted by atomic mass is 9.80. The van der Waals surface area contributed by atoms with Gasteiger partial charge in [-0.05, 0) is 75.1 Å². The zero-order valence-electron chi connectivity index (χ0n) is 29.6. The van der Waals surface area contributed by atoms with Gasteiger partial charge >= 0.3 is 0 Å². The van der Waals surface area contributed by atoms with Gasteiger partial charge in [0.1, 0.15) is 29.4 Å². The van der Waals surface area contributed by atoms with Crippen molar-refractivity contribution in [3.8, 4) is 23.4 Å². The molecule has 5 rings (SSSR count). The molecular formula is C38H47N4O6PS. The Morgan fingerprint density at radius 3 is 2.00 bits per heavy atom. The Morgan fingerprint density at radius 1 is 0.880 bits per heavy atom. The fourth-order valence-electron chi connectivity index (χ4n) is 6.53. The highest BCUT2D eigenvalue weighted by Crippen LogP contribution is 2.51. The number of methoxy groups -OCH3 is 2. The standard InChI is InChI=1S/C38H47N4O6PS/c1-27(2)42(28(3)4)49(46-22-10-21-39)48-36-24-35(47-37-25-40-50-41-37)23-29(36)26-45-38(30-11-8-7-9-12-30,31-13-17-33(43-5)18-14-31)32-15-19-34(44-6)20-16-32/h7-9,11-20,25,27-29,35-36H,10,22-24,26H2,1-6H3/t29?,35?,36-,49?/m0/s1. The van der Waals surface area contributed by atoms with Crippen molar-refractivity contribution >= 4 is 20.3 Å². The normalized spacial score (nSPS) is 18.4. The van der Waals surface area contributed by atoms with Crippen LogP contribution >= 0.6 is 20.3 Å². The molecule has 0 N–H and O–H groups in total. The van der Waals surface area contributed by atoms with Gasteiger partial charge in [-0.2, -0.15) is 9.64 Å². The van der Waals surface area contributed by atoms with E-state index in [0.29, 0.717) is 31.9 Å². The molecule has 0 saturated heterocycles. The molecule has 0 aliphatic heterocycles. The summed E-state index contributed by atoms with van der Waals surface area (Å²) in [6, 6.07) is 28.9. The Morgan fingerprint density at radius 2 is 1.48 bits per heavy atom. The number of hydrogen-bond donors (Lipinski definition) is 0. The van der Waals surface area contributed by atoms with Crippen molar-refractivity contribution in [2.24, 2.45) is 5.92 Å². The molecule has 1 aromatic heterocycles. The number of benzene rings is 3. The van der Waals surface area contributed by atoms with Crippen LogP contribution in [0.4, 0.5) is 0 Å². The number of nitrogens with zero attached hydrogens (tertiary/aromatic N) is 4. The van der Waals surface area contributed by atoms with Crippen molar-refractivity contribution < 1.29 is 28.0 Å². The highest BCUT2D eigenvalue weighted by atomic mass is 32.1. The molecule has 3 aromatic carbocycles. The molecule has 0 spiro atoms. The molecule has 1 heterocycles. The molecule has 3 unspecified atom stereocenters. The van der Waals surface area contributed by atoms with Crippen LogP contribution in [0.15, 0.2) is 85.1 Å². The summed E-state index contributed by atoms with van der Waals surface area (Å²) < 4.78 is 48.7. The van der Waals surface area contributed by atoms with Gasteiger partial charge in [0, 0.05) is 24.4 Å². The average molecular weight is 719 g/mol. The Bertz CT molecular complexity index is 1560. The zero-order chi connectivity index (χ0) is 35.5. The summed E-state index contributed by atoms with van der Waals surface area (Å²) in [5, 5.41) is 9.27. The van der Waals surface area contributed by atoms with Gasteiger partial charge < -0.3 is 28.0 Å². The van der Waals surface area contributed by atoms with E-state index in [-0.39, 0.29) is 36.6 Å². The summed E-state index contributed by atoms with van der Waals surface area (Å²) in [4.78, 5) is 0. The van der Waals surface area contributed by atoms with E-state index >= 15 is 0 Å². The monoisotopic (exact) mass is 718 g/mol. The summed E-state index contributed by atoms with van der Waals surface area (Å²) >= 11 is 1.12. The van der Waals surface area contributed by atoms with E-state index in [1.54, 1.807) is 20.4 Å². The van der Waals surface area contributed by atoms with Gasteiger partial charge in [0.15, 0.2) is 0 Å². The van der Waals surface area contributed by atoms with E-state index < -0.39 is 14.1 Å². The second-order valence-corrected chi connectivity index (χ2v) is 14.7. The molecule has 1 saturated carbocycles. The highest BCUT2D eigenvalue weighted by Gasteiger charge is 2.44. The lowest BCUT2D eigenvalue weighted by molar-refractivity contribution is -0.0278. The van der Waals surface area contributed by atoms with Crippen LogP contribution in [-0.4, -0.2) is 65.1 Å². The minimum absolute atomic E-state index is 0.0584. The quantitative estimate of drug-likeness (QED) is 0.0566. The van der Waals surface area contributed by atoms with Crippen molar-refractivity contribution in [3.05, 3.63) is 102 Å². The highest BCUT2D eigenvalue weighted by molar-refractivity contribution is 7.44. The molecule has 12 heteroatoms. The molecule has 50 heavy (non-hydrogen) atoms. The van der Waals surface area contributed by atoms with Crippen LogP contribution in [-0.2, 0) is 19.4 Å². The van der Waals surface area contributed by atoms with Gasteiger partial charge in [0.25, 0.3) is 8.53 Å². The van der Waals surface area contributed by atoms with Crippen LogP contribution in [0.25, 0.3) is 0 Å². The molecule has 0 amide bonds. The molecule has 10 nitrogen and oxygen atoms in total. The van der Waals surface area contributed by atoms with Gasteiger partial charge in [-0.3, -0.25) is 0 Å². The van der Waals surface area contributed by atoms with Crippen LogP contribution in [0.2, 0.25) is 0 Å². The first kappa shape index (κ1) is 37.6. The molecule has 1 fully saturated rings. The van der Waals surface area contributed by atoms with E-state index in [1.165, 1.54) is 0 Å². The summed E-state index contributed by atoms with van der Waals surface area (Å²) in [6.45, 7) is 9.21. The lowest BCUT2D eigenvalue weighted by Crippen LogP contribution is -2.37. The van der Waals surface area contributed by atoms with Crippen molar-refractivity contribution in [1.29, 1.82) is 5.26 Å². The van der Waals surface area contributed by atoms with E-state index in [1.807, 2.05) is 42.5 Å². The van der Waals surface area contributed by atoms with Crippen LogP contribution in [0.1, 0.15) is 63.6 Å². The summed E-state index contributed by atoms with van der Waals surface area (Å²) in [5.41, 5.74) is 1.93. The Balaban J connectivity index is 1.54. The maximum absolute atomic E-state index is 9.27. The Hall–Kier alpha value is -3.62. The second-order valence-electron chi connectivity index (χ2n) is 12.7. The molecule has 1 aliphatic rings. The number of hydrogen-bond acceptors (Lipinski definition) is 11. The van der Waals surface area contributed by atoms with Gasteiger partial charge in [0.05, 0.1) is 57.8 Å². The van der Waals surface area contributed by atoms with Gasteiger partial charge in [-0.15, -0.1) is 4.37 Å². The van der Waals surface area contributed by atoms with Crippen molar-refractivity contribution in [1.82, 2.24) is 13.4 Å². The van der Waals surface area contributed by atoms with E-state index in [2.05, 4.69) is 83.6 Å². The molecular weight excluding hydrogens is 671 g/mol. The zero-order valence-corrected chi connectivity index (χ0v) is 31.3. The van der Waals surface area contributed by atoms with Crippen LogP contribution in [0.5, 0.6) is 17.4 Å². The van der Waals surface area contributed by atoms with Gasteiger partial charge in [-0.25, -0.2) is 4.67 Å². The number of rotatable bonds is 18. The fraction of sp³-hybridized carbons (Fsp3) is 0.447. The lowest BCUT2D eigenvalue weighted by Gasteiger charge is -2.39. The van der Waals surface area contributed by atoms with Gasteiger partial charge in [-0.1, -0.05) is 54.6 Å². The third-order valence-corrected chi connectivity index (χ3v) is 11.4. The third-order valence-electron chi connectivity index (χ3n) is 8.79. The molecule has 1 aliphatic carbocycles. The summed E-state index contributed by atoms with van der Waals surface area (Å²) in [6.07, 6.45) is 2.83. The molecule has 4 aromatic rings. The topological polar surface area (TPSA) is 108 Å². The van der Waals surface area contributed by atoms with Crippen LogP contribution in [0.3, 0.4) is 0 Å². The third kappa shape index (κ3) is 8.99. The first-order chi connectivity index (χ1) is 24.3. The Kier molecular flexibility index (Phi) is 13.6. The van der Waals surface area contributed by atoms with Crippen molar-refractivity contribution in [2.45, 2.75) is 76.9 Å². The molecule has 266 valence electrons. The number of ether oxygens (including phenoxy) is 4. The minimum atomic E-state index is -1.49.